The summed E-state index contributed by atoms with van der Waals surface area (Å²) in [5.41, 5.74) is -24.3. The molecule has 1 aliphatic rings. The highest BCUT2D eigenvalue weighted by Crippen LogP contribution is 2.57. The summed E-state index contributed by atoms with van der Waals surface area (Å²) >= 11 is 0. The van der Waals surface area contributed by atoms with Gasteiger partial charge in [-0.1, -0.05) is 6.07 Å². The molecule has 1 fully saturated rings. The van der Waals surface area contributed by atoms with Crippen LogP contribution in [0.15, 0.2) is 34.9 Å². The minimum atomic E-state index is -6.14. The quantitative estimate of drug-likeness (QED) is 0.151. The predicted octanol–water partition coefficient (Wildman–Crippen LogP) is 9.97. The Morgan fingerprint density at radius 3 is 1.04 bits per heavy atom. The van der Waals surface area contributed by atoms with Crippen LogP contribution in [0.5, 0.6) is 0 Å². The van der Waals surface area contributed by atoms with Gasteiger partial charge in [0.25, 0.3) is 0 Å². The molecule has 3 aromatic carbocycles. The first-order valence-corrected chi connectivity index (χ1v) is 12.8. The van der Waals surface area contributed by atoms with E-state index in [1.807, 2.05) is 0 Å². The third-order valence-corrected chi connectivity index (χ3v) is 7.10. The van der Waals surface area contributed by atoms with Crippen LogP contribution in [0.25, 0.3) is 16.7 Å². The largest absolute Gasteiger partial charge is 0.422 e. The average molecular weight is 754 g/mol. The van der Waals surface area contributed by atoms with Gasteiger partial charge in [0.2, 0.25) is 0 Å². The molecular weight excluding hydrogens is 751 g/mol. The van der Waals surface area contributed by atoms with Crippen molar-refractivity contribution in [3.05, 3.63) is 120 Å². The minimum absolute atomic E-state index is 0.0820. The first-order chi connectivity index (χ1) is 23.9. The maximum atomic E-state index is 15.1. The topological polar surface area (TPSA) is 95.2 Å². The van der Waals surface area contributed by atoms with Crippen LogP contribution in [0.3, 0.4) is 0 Å². The molecule has 0 saturated heterocycles. The molecule has 21 heteroatoms. The zero-order valence-corrected chi connectivity index (χ0v) is 23.9. The third kappa shape index (κ3) is 6.04. The number of nitrogens with zero attached hydrogens (tertiary/aromatic N) is 4. The van der Waals surface area contributed by atoms with Crippen molar-refractivity contribution in [2.24, 2.45) is 0 Å². The van der Waals surface area contributed by atoms with Crippen LogP contribution in [0.2, 0.25) is 0 Å². The summed E-state index contributed by atoms with van der Waals surface area (Å²) in [5.74, 6) is -24.8. The molecule has 0 unspecified atom stereocenters. The monoisotopic (exact) mass is 754 g/mol. The van der Waals surface area contributed by atoms with Crippen molar-refractivity contribution in [2.45, 2.75) is 18.5 Å². The number of allylic oxidation sites excluding steroid dienone is 6. The smallest absolute Gasteiger partial charge is 0.203 e. The van der Waals surface area contributed by atoms with E-state index < -0.39 is 137 Å². The van der Waals surface area contributed by atoms with E-state index in [0.29, 0.717) is 6.07 Å². The van der Waals surface area contributed by atoms with Gasteiger partial charge in [-0.3, -0.25) is 0 Å². The second kappa shape index (κ2) is 12.8. The number of hydrogen-bond donors (Lipinski definition) is 0. The van der Waals surface area contributed by atoms with Crippen LogP contribution in [0.1, 0.15) is 38.9 Å². The van der Waals surface area contributed by atoms with E-state index in [1.54, 1.807) is 0 Å². The molecule has 0 bridgehead atoms. The number of benzene rings is 3. The first kappa shape index (κ1) is 38.5. The highest BCUT2D eigenvalue weighted by molar-refractivity contribution is 6.12. The van der Waals surface area contributed by atoms with E-state index >= 15 is 17.6 Å². The minimum Gasteiger partial charge on any atom is -0.203 e. The lowest BCUT2D eigenvalue weighted by molar-refractivity contribution is -0.144. The number of hydrogen-bond acceptors (Lipinski definition) is 4. The van der Waals surface area contributed by atoms with Gasteiger partial charge in [0, 0.05) is 22.3 Å². The van der Waals surface area contributed by atoms with E-state index in [1.165, 1.54) is 12.1 Å². The Labute approximate surface area is 276 Å². The zero-order chi connectivity index (χ0) is 39.6. The summed E-state index contributed by atoms with van der Waals surface area (Å²) in [7, 11) is 0. The summed E-state index contributed by atoms with van der Waals surface area (Å²) in [4.78, 5) is 0. The lowest BCUT2D eigenvalue weighted by Crippen LogP contribution is -2.17. The average Bonchev–Trinajstić information content (AvgIpc) is 3.75. The Morgan fingerprint density at radius 2 is 0.769 bits per heavy atom. The number of rotatable bonds is 3. The first-order valence-electron chi connectivity index (χ1n) is 12.8. The van der Waals surface area contributed by atoms with Crippen molar-refractivity contribution in [1.82, 2.24) is 0 Å². The normalized spacial score (nSPS) is 16.0. The maximum absolute atomic E-state index is 15.1. The van der Waals surface area contributed by atoms with Gasteiger partial charge in [-0.05, 0) is 12.1 Å². The molecule has 0 atom stereocenters. The van der Waals surface area contributed by atoms with Crippen molar-refractivity contribution in [1.29, 1.82) is 21.0 Å². The number of alkyl halides is 9. The molecule has 1 aliphatic carbocycles. The molecule has 0 radical (unpaired) electrons. The zero-order valence-electron chi connectivity index (χ0n) is 23.9. The molecule has 4 rings (SSSR count). The van der Waals surface area contributed by atoms with Crippen molar-refractivity contribution in [3.8, 4) is 24.3 Å². The molecule has 3 aromatic rings. The van der Waals surface area contributed by atoms with E-state index in [2.05, 4.69) is 0 Å². The molecule has 0 aliphatic heterocycles. The standard InChI is InChI=1S/C31H3F17N4/c32-21-17(22(33)26(37)19(25(21)36)30(43,44)45)12(6-51)15-14(11(5-50)10-2-1-9(29(40,41)42)3-8(10)4-49)16(15)13(7-52)18-23(34)27(38)20(31(46,47)48)28(39)24(18)35/h1-3H/b14-11-,15-12?,16-13-. The number of halogens is 17. The summed E-state index contributed by atoms with van der Waals surface area (Å²) in [6.07, 6.45) is -17.5. The van der Waals surface area contributed by atoms with Crippen molar-refractivity contribution in [3.63, 3.8) is 0 Å². The van der Waals surface area contributed by atoms with Crippen LogP contribution in [0.4, 0.5) is 74.6 Å². The van der Waals surface area contributed by atoms with E-state index in [4.69, 9.17) is 0 Å². The van der Waals surface area contributed by atoms with Gasteiger partial charge in [-0.2, -0.15) is 60.6 Å². The molecule has 0 heterocycles. The van der Waals surface area contributed by atoms with Gasteiger partial charge in [-0.25, -0.2) is 35.1 Å². The van der Waals surface area contributed by atoms with Crippen LogP contribution >= 0.6 is 0 Å². The highest BCUT2D eigenvalue weighted by atomic mass is 19.4. The SMILES string of the molecule is N#CC(=C1C(=C(\C#N)c2ccc(C(F)(F)F)cc2C#N)/C1=C(\C#N)c1c(F)c(F)c(C(F)(F)F)c(F)c1F)c1c(F)c(F)c(C(F)(F)F)c(F)c1F. The van der Waals surface area contributed by atoms with Crippen molar-refractivity contribution < 1.29 is 74.6 Å². The summed E-state index contributed by atoms with van der Waals surface area (Å²) < 4.78 is 238. The third-order valence-electron chi connectivity index (χ3n) is 7.10. The van der Waals surface area contributed by atoms with Crippen LogP contribution in [-0.2, 0) is 18.5 Å². The Hall–Kier alpha value is -6.35. The molecule has 1 saturated carbocycles. The molecule has 0 aromatic heterocycles. The van der Waals surface area contributed by atoms with Gasteiger partial charge in [0.05, 0.1) is 45.0 Å². The van der Waals surface area contributed by atoms with E-state index in [0.717, 1.165) is 12.1 Å². The van der Waals surface area contributed by atoms with Crippen molar-refractivity contribution >= 4 is 16.7 Å². The fourth-order valence-corrected chi connectivity index (χ4v) is 4.89. The lowest BCUT2D eigenvalue weighted by atomic mass is 9.96. The van der Waals surface area contributed by atoms with Gasteiger partial charge in [0.15, 0.2) is 46.5 Å². The lowest BCUT2D eigenvalue weighted by Gasteiger charge is -2.14. The summed E-state index contributed by atoms with van der Waals surface area (Å²) in [5, 5.41) is 39.0. The van der Waals surface area contributed by atoms with E-state index in [-0.39, 0.29) is 12.1 Å². The van der Waals surface area contributed by atoms with Crippen molar-refractivity contribution in [2.75, 3.05) is 0 Å². The molecule has 4 nitrogen and oxygen atoms in total. The van der Waals surface area contributed by atoms with Gasteiger partial charge in [0.1, 0.15) is 29.3 Å². The molecule has 52 heavy (non-hydrogen) atoms. The Balaban J connectivity index is 2.32. The number of nitriles is 4. The Kier molecular flexibility index (Phi) is 9.44. The molecular formula is C31H3F17N4. The van der Waals surface area contributed by atoms with Crippen LogP contribution < -0.4 is 0 Å². The molecule has 0 spiro atoms. The fourth-order valence-electron chi connectivity index (χ4n) is 4.89. The summed E-state index contributed by atoms with van der Waals surface area (Å²) in [6.45, 7) is 0. The van der Waals surface area contributed by atoms with Crippen LogP contribution in [0, 0.1) is 91.9 Å². The van der Waals surface area contributed by atoms with Crippen LogP contribution in [-0.4, -0.2) is 0 Å². The van der Waals surface area contributed by atoms with Gasteiger partial charge >= 0.3 is 18.5 Å². The predicted molar refractivity (Wildman–Crippen MR) is 136 cm³/mol. The Bertz CT molecular complexity index is 2210. The fraction of sp³-hybridized carbons (Fsp3) is 0.0968. The molecule has 0 amide bonds. The Morgan fingerprint density at radius 1 is 0.442 bits per heavy atom. The molecule has 0 N–H and O–H groups in total. The maximum Gasteiger partial charge on any atom is 0.422 e. The van der Waals surface area contributed by atoms with E-state index in [9.17, 15) is 78.1 Å². The van der Waals surface area contributed by atoms with Gasteiger partial charge < -0.3 is 0 Å². The highest BCUT2D eigenvalue weighted by Gasteiger charge is 2.49. The van der Waals surface area contributed by atoms with Gasteiger partial charge in [-0.15, -0.1) is 0 Å². The summed E-state index contributed by atoms with van der Waals surface area (Å²) in [6, 6.07) is 4.67. The second-order valence-electron chi connectivity index (χ2n) is 9.96. The molecule has 266 valence electrons. The second-order valence-corrected chi connectivity index (χ2v) is 9.96.